The number of amides is 1. The third kappa shape index (κ3) is 7.12. The summed E-state index contributed by atoms with van der Waals surface area (Å²) >= 11 is 0. The number of hydrogen-bond acceptors (Lipinski definition) is 10. The molecule has 1 spiro atoms. The number of hydrogen-bond donors (Lipinski definition) is 2. The Morgan fingerprint density at radius 1 is 0.855 bits per heavy atom. The second-order valence-electron chi connectivity index (χ2n) is 18.4. The van der Waals surface area contributed by atoms with Crippen LogP contribution in [0.5, 0.6) is 0 Å². The SMILES string of the molecule is CC(C)[Si]1(C(C)C)O[C@@H]2[C@H](O[Si](C(C)C)(C(C)C)O1)[C@](O)(C(=O)C(=O)c1ccccc1)[C@H](O[Si](C)(C)C(C)(C)C)[C@H](O)[C@]21CC(=O)N1OCc1ccccc1. The molecule has 0 unspecified atom stereocenters. The number of carbonyl (C=O) groups is 3. The molecule has 2 saturated heterocycles. The van der Waals surface area contributed by atoms with Gasteiger partial charge in [0, 0.05) is 5.56 Å². The highest BCUT2D eigenvalue weighted by molar-refractivity contribution is 6.84. The fourth-order valence-electron chi connectivity index (χ4n) is 8.37. The lowest BCUT2D eigenvalue weighted by Crippen LogP contribution is -2.88. The Morgan fingerprint density at radius 3 is 1.78 bits per heavy atom. The quantitative estimate of drug-likeness (QED) is 0.0967. The Hall–Kier alpha value is -2.38. The maximum absolute atomic E-state index is 15.2. The largest absolute Gasteiger partial charge is 0.414 e. The van der Waals surface area contributed by atoms with E-state index in [1.165, 1.54) is 12.1 Å². The van der Waals surface area contributed by atoms with E-state index in [1.807, 2.05) is 120 Å². The first-order valence-electron chi connectivity index (χ1n) is 19.7. The molecule has 14 heteroatoms. The lowest BCUT2D eigenvalue weighted by Gasteiger charge is -2.65. The standard InChI is InChI=1S/C41H63NO10Si3/c1-26(2)54(27(3)4)50-37-38(51-55(52-54,28(5)6)29(7)8)41(47,34(45)33(44)31-22-18-15-19-23-31)36(49-53(12,13)39(9,10)11)35(46)40(37)24-32(43)42(40)48-25-30-20-16-14-17-21-30/h14-23,26-29,35-38,46-47H,24-25H2,1-13H3/t35-,36+,37+,38-,40+,41-/m0/s1. The first-order chi connectivity index (χ1) is 25.4. The maximum atomic E-state index is 15.2. The molecule has 55 heavy (non-hydrogen) atoms. The van der Waals surface area contributed by atoms with Crippen LogP contribution in [0.25, 0.3) is 0 Å². The molecule has 0 aromatic heterocycles. The third-order valence-electron chi connectivity index (χ3n) is 12.7. The lowest BCUT2D eigenvalue weighted by atomic mass is 9.60. The van der Waals surface area contributed by atoms with E-state index in [0.717, 1.165) is 10.6 Å². The Morgan fingerprint density at radius 2 is 1.33 bits per heavy atom. The van der Waals surface area contributed by atoms with E-state index >= 15 is 4.79 Å². The number of rotatable bonds is 12. The van der Waals surface area contributed by atoms with Crippen molar-refractivity contribution in [2.24, 2.45) is 0 Å². The van der Waals surface area contributed by atoms with Gasteiger partial charge in [0.1, 0.15) is 36.6 Å². The van der Waals surface area contributed by atoms with Crippen molar-refractivity contribution in [1.82, 2.24) is 5.06 Å². The van der Waals surface area contributed by atoms with Crippen LogP contribution in [0.4, 0.5) is 0 Å². The van der Waals surface area contributed by atoms with Crippen molar-refractivity contribution in [2.45, 2.75) is 165 Å². The number of aliphatic hydroxyl groups is 2. The predicted molar refractivity (Wildman–Crippen MR) is 217 cm³/mol. The molecule has 2 heterocycles. The molecule has 3 fully saturated rings. The number of ketones is 2. The van der Waals surface area contributed by atoms with Crippen molar-refractivity contribution in [3.8, 4) is 0 Å². The van der Waals surface area contributed by atoms with Crippen LogP contribution < -0.4 is 0 Å². The first kappa shape index (κ1) is 43.7. The van der Waals surface area contributed by atoms with E-state index in [1.54, 1.807) is 18.2 Å². The van der Waals surface area contributed by atoms with E-state index in [-0.39, 0.29) is 40.8 Å². The average Bonchev–Trinajstić information content (AvgIpc) is 3.29. The van der Waals surface area contributed by atoms with Gasteiger partial charge in [-0.15, -0.1) is 0 Å². The fraction of sp³-hybridized carbons (Fsp3) is 0.634. The van der Waals surface area contributed by atoms with Crippen LogP contribution in [-0.4, -0.2) is 93.7 Å². The number of benzene rings is 2. The Balaban J connectivity index is 1.85. The molecule has 1 saturated carbocycles. The van der Waals surface area contributed by atoms with Gasteiger partial charge in [-0.1, -0.05) is 137 Å². The van der Waals surface area contributed by atoms with Crippen LogP contribution in [0.1, 0.15) is 98.5 Å². The first-order valence-corrected chi connectivity index (χ1v) is 26.6. The van der Waals surface area contributed by atoms with Gasteiger partial charge in [0.2, 0.25) is 17.5 Å². The van der Waals surface area contributed by atoms with Crippen LogP contribution >= 0.6 is 0 Å². The highest BCUT2D eigenvalue weighted by atomic mass is 28.5. The molecule has 6 atom stereocenters. The van der Waals surface area contributed by atoms with Crippen molar-refractivity contribution < 1.29 is 46.8 Å². The zero-order chi connectivity index (χ0) is 41.1. The molecule has 2 aromatic rings. The molecule has 1 aliphatic carbocycles. The Labute approximate surface area is 330 Å². The molecule has 2 aromatic carbocycles. The van der Waals surface area contributed by atoms with Crippen LogP contribution in [0.15, 0.2) is 60.7 Å². The molecule has 11 nitrogen and oxygen atoms in total. The average molecular weight is 814 g/mol. The highest BCUT2D eigenvalue weighted by Crippen LogP contribution is 2.58. The van der Waals surface area contributed by atoms with E-state index in [4.69, 9.17) is 22.2 Å². The van der Waals surface area contributed by atoms with Crippen molar-refractivity contribution in [3.63, 3.8) is 0 Å². The van der Waals surface area contributed by atoms with Crippen LogP contribution in [-0.2, 0) is 38.4 Å². The molecule has 2 aliphatic heterocycles. The normalized spacial score (nSPS) is 29.4. The summed E-state index contributed by atoms with van der Waals surface area (Å²) in [5.74, 6) is -2.55. The Kier molecular flexibility index (Phi) is 12.3. The smallest absolute Gasteiger partial charge is 0.335 e. The minimum Gasteiger partial charge on any atom is -0.414 e. The zero-order valence-corrected chi connectivity index (χ0v) is 37.9. The summed E-state index contributed by atoms with van der Waals surface area (Å²) in [6.07, 6.45) is -6.72. The minimum atomic E-state index is -3.57. The number of Topliss-reactive ketones (excluding diaryl/α,β-unsaturated/α-hetero) is 2. The molecule has 2 N–H and O–H groups in total. The fourth-order valence-corrected chi connectivity index (χ4v) is 21.0. The van der Waals surface area contributed by atoms with Crippen molar-refractivity contribution in [1.29, 1.82) is 0 Å². The van der Waals surface area contributed by atoms with Gasteiger partial charge in [-0.25, -0.2) is 5.06 Å². The summed E-state index contributed by atoms with van der Waals surface area (Å²) in [5.41, 5.74) is -4.38. The van der Waals surface area contributed by atoms with Crippen molar-refractivity contribution in [2.75, 3.05) is 0 Å². The summed E-state index contributed by atoms with van der Waals surface area (Å²) in [4.78, 5) is 49.8. The number of nitrogens with zero attached hydrogens (tertiary/aromatic N) is 1. The van der Waals surface area contributed by atoms with Gasteiger partial charge in [-0.2, -0.15) is 0 Å². The molecule has 1 amide bonds. The predicted octanol–water partition coefficient (Wildman–Crippen LogP) is 7.36. The Bertz CT molecular complexity index is 1700. The molecule has 0 bridgehead atoms. The van der Waals surface area contributed by atoms with Gasteiger partial charge in [-0.3, -0.25) is 19.2 Å². The van der Waals surface area contributed by atoms with E-state index in [2.05, 4.69) is 0 Å². The van der Waals surface area contributed by atoms with E-state index in [9.17, 15) is 19.8 Å². The monoisotopic (exact) mass is 813 g/mol. The zero-order valence-electron chi connectivity index (χ0n) is 34.9. The molecule has 3 aliphatic rings. The third-order valence-corrected chi connectivity index (χ3v) is 27.4. The van der Waals surface area contributed by atoms with E-state index in [0.29, 0.717) is 0 Å². The topological polar surface area (TPSA) is 141 Å². The van der Waals surface area contributed by atoms with Crippen LogP contribution in [0.2, 0.25) is 40.3 Å². The number of β-lactam (4-membered cyclic amide) rings is 1. The molecular weight excluding hydrogens is 751 g/mol. The van der Waals surface area contributed by atoms with Crippen molar-refractivity contribution in [3.05, 3.63) is 71.8 Å². The maximum Gasteiger partial charge on any atom is 0.335 e. The number of fused-ring (bicyclic) bond motifs is 2. The lowest BCUT2D eigenvalue weighted by molar-refractivity contribution is -0.343. The van der Waals surface area contributed by atoms with Gasteiger partial charge in [-0.05, 0) is 45.9 Å². The van der Waals surface area contributed by atoms with E-state index < -0.39 is 83.5 Å². The number of carbonyl (C=O) groups excluding carboxylic acids is 3. The van der Waals surface area contributed by atoms with Gasteiger partial charge in [0.15, 0.2) is 13.9 Å². The van der Waals surface area contributed by atoms with Crippen LogP contribution in [0, 0.1) is 0 Å². The number of hydroxylamine groups is 2. The molecular formula is C41H63NO10Si3. The molecule has 0 radical (unpaired) electrons. The summed E-state index contributed by atoms with van der Waals surface area (Å²) in [6, 6.07) is 17.4. The number of aliphatic hydroxyl groups excluding tert-OH is 1. The minimum absolute atomic E-state index is 0.00709. The van der Waals surface area contributed by atoms with Gasteiger partial charge in [0.25, 0.3) is 0 Å². The van der Waals surface area contributed by atoms with Gasteiger partial charge < -0.3 is 27.6 Å². The second-order valence-corrected chi connectivity index (χ2v) is 32.0. The van der Waals surface area contributed by atoms with Gasteiger partial charge in [0.05, 0.1) is 6.42 Å². The summed E-state index contributed by atoms with van der Waals surface area (Å²) in [5, 5.41) is 27.4. The summed E-state index contributed by atoms with van der Waals surface area (Å²) in [7, 11) is -10.1. The van der Waals surface area contributed by atoms with Crippen LogP contribution in [0.3, 0.4) is 0 Å². The second kappa shape index (κ2) is 15.4. The highest BCUT2D eigenvalue weighted by Gasteiger charge is 2.80. The summed E-state index contributed by atoms with van der Waals surface area (Å²) < 4.78 is 29.3. The van der Waals surface area contributed by atoms with Gasteiger partial charge >= 0.3 is 17.1 Å². The molecule has 5 rings (SSSR count). The molecule has 304 valence electrons. The van der Waals surface area contributed by atoms with Crippen molar-refractivity contribution >= 4 is 42.9 Å². The summed E-state index contributed by atoms with van der Waals surface area (Å²) in [6.45, 7) is 26.1.